The molecule has 0 fully saturated rings. The smallest absolute Gasteiger partial charge is 0.338 e. The van der Waals surface area contributed by atoms with Gasteiger partial charge in [0.2, 0.25) is 0 Å². The Labute approximate surface area is 103 Å². The number of carbonyl (C=O) groups is 1. The predicted octanol–water partition coefficient (Wildman–Crippen LogP) is 1.89. The molecule has 0 saturated heterocycles. The maximum absolute atomic E-state index is 13.9. The van der Waals surface area contributed by atoms with Gasteiger partial charge in [0.25, 0.3) is 0 Å². The summed E-state index contributed by atoms with van der Waals surface area (Å²) in [6.07, 6.45) is 1.41. The normalized spacial score (nSPS) is 10.4. The number of aromatic amines is 1. The van der Waals surface area contributed by atoms with Crippen LogP contribution in [0.5, 0.6) is 0 Å². The second-order valence-electron chi connectivity index (χ2n) is 3.84. The number of nitrogens with two attached hydrogens (primary N) is 1. The number of halogens is 1. The Balaban J connectivity index is 2.62. The number of aryl methyl sites for hydroxylation is 1. The topological polar surface area (TPSA) is 81.0 Å². The van der Waals surface area contributed by atoms with Crippen LogP contribution in [0.25, 0.3) is 11.1 Å². The van der Waals surface area contributed by atoms with Crippen molar-refractivity contribution < 1.29 is 13.9 Å². The summed E-state index contributed by atoms with van der Waals surface area (Å²) in [4.78, 5) is 11.6. The minimum absolute atomic E-state index is 0.215. The molecule has 5 nitrogen and oxygen atoms in total. The van der Waals surface area contributed by atoms with Crippen molar-refractivity contribution in [3.8, 4) is 11.1 Å². The molecule has 0 saturated carbocycles. The van der Waals surface area contributed by atoms with Gasteiger partial charge in [-0.1, -0.05) is 0 Å². The average molecular weight is 249 g/mol. The summed E-state index contributed by atoms with van der Waals surface area (Å²) in [5.41, 5.74) is 7.07. The quantitative estimate of drug-likeness (QED) is 0.796. The molecule has 0 aliphatic heterocycles. The number of rotatable bonds is 2. The summed E-state index contributed by atoms with van der Waals surface area (Å²) in [7, 11) is 1.27. The third kappa shape index (κ3) is 1.92. The minimum Gasteiger partial charge on any atom is -0.465 e. The van der Waals surface area contributed by atoms with Gasteiger partial charge in [-0.3, -0.25) is 5.10 Å². The van der Waals surface area contributed by atoms with E-state index in [9.17, 15) is 9.18 Å². The van der Waals surface area contributed by atoms with Crippen molar-refractivity contribution in [1.82, 2.24) is 10.2 Å². The van der Waals surface area contributed by atoms with Crippen LogP contribution >= 0.6 is 0 Å². The van der Waals surface area contributed by atoms with Crippen LogP contribution in [0.3, 0.4) is 0 Å². The van der Waals surface area contributed by atoms with Crippen LogP contribution in [0, 0.1) is 12.7 Å². The molecule has 1 heterocycles. The number of aromatic nitrogens is 2. The standard InChI is InChI=1S/C12H12FN3O2/c1-6-3-10(13)8(4-7(6)12(17)18-2)9-5-15-16-11(9)14/h3-5H,1-2H3,(H3,14,15,16). The summed E-state index contributed by atoms with van der Waals surface area (Å²) < 4.78 is 18.5. The van der Waals surface area contributed by atoms with Crippen molar-refractivity contribution in [3.05, 3.63) is 35.3 Å². The number of anilines is 1. The highest BCUT2D eigenvalue weighted by molar-refractivity contribution is 5.93. The number of hydrogen-bond donors (Lipinski definition) is 2. The van der Waals surface area contributed by atoms with E-state index in [2.05, 4.69) is 14.9 Å². The SMILES string of the molecule is COC(=O)c1cc(-c2cn[nH]c2N)c(F)cc1C. The average Bonchev–Trinajstić information content (AvgIpc) is 2.75. The van der Waals surface area contributed by atoms with Gasteiger partial charge in [0.1, 0.15) is 11.6 Å². The molecule has 0 bridgehead atoms. The Hall–Kier alpha value is -2.37. The fourth-order valence-corrected chi connectivity index (χ4v) is 1.72. The number of nitrogen functional groups attached to an aromatic ring is 1. The summed E-state index contributed by atoms with van der Waals surface area (Å²) in [5.74, 6) is -0.738. The van der Waals surface area contributed by atoms with Gasteiger partial charge in [0.05, 0.1) is 18.9 Å². The molecule has 0 atom stereocenters. The predicted molar refractivity (Wildman–Crippen MR) is 64.5 cm³/mol. The number of benzene rings is 1. The largest absolute Gasteiger partial charge is 0.465 e. The number of methoxy groups -OCH3 is 1. The van der Waals surface area contributed by atoms with Crippen LogP contribution in [0.2, 0.25) is 0 Å². The molecule has 0 aliphatic carbocycles. The van der Waals surface area contributed by atoms with Gasteiger partial charge < -0.3 is 10.5 Å². The van der Waals surface area contributed by atoms with E-state index in [1.54, 1.807) is 6.92 Å². The first-order valence-electron chi connectivity index (χ1n) is 5.22. The molecule has 0 amide bonds. The fourth-order valence-electron chi connectivity index (χ4n) is 1.72. The van der Waals surface area contributed by atoms with Crippen LogP contribution in [0.1, 0.15) is 15.9 Å². The first-order valence-corrected chi connectivity index (χ1v) is 5.22. The minimum atomic E-state index is -0.518. The molecular formula is C12H12FN3O2. The Morgan fingerprint density at radius 3 is 2.72 bits per heavy atom. The van der Waals surface area contributed by atoms with E-state index in [0.717, 1.165) is 0 Å². The first kappa shape index (κ1) is 12.1. The van der Waals surface area contributed by atoms with Gasteiger partial charge in [-0.15, -0.1) is 0 Å². The Morgan fingerprint density at radius 2 is 2.17 bits per heavy atom. The molecule has 1 aromatic heterocycles. The molecule has 2 rings (SSSR count). The van der Waals surface area contributed by atoms with Crippen LogP contribution in [-0.4, -0.2) is 23.3 Å². The van der Waals surface area contributed by atoms with E-state index >= 15 is 0 Å². The van der Waals surface area contributed by atoms with Crippen LogP contribution in [-0.2, 0) is 4.74 Å². The summed E-state index contributed by atoms with van der Waals surface area (Å²) in [6, 6.07) is 2.69. The van der Waals surface area contributed by atoms with Crippen molar-refractivity contribution in [2.75, 3.05) is 12.8 Å². The molecule has 3 N–H and O–H groups in total. The lowest BCUT2D eigenvalue weighted by Gasteiger charge is -2.08. The second kappa shape index (κ2) is 4.48. The Bertz CT molecular complexity index is 607. The molecular weight excluding hydrogens is 237 g/mol. The van der Waals surface area contributed by atoms with Crippen molar-refractivity contribution in [1.29, 1.82) is 0 Å². The van der Waals surface area contributed by atoms with E-state index in [4.69, 9.17) is 5.73 Å². The summed E-state index contributed by atoms with van der Waals surface area (Å²) >= 11 is 0. The molecule has 6 heteroatoms. The Morgan fingerprint density at radius 1 is 1.44 bits per heavy atom. The lowest BCUT2D eigenvalue weighted by molar-refractivity contribution is 0.0600. The summed E-state index contributed by atoms with van der Waals surface area (Å²) in [6.45, 7) is 1.64. The van der Waals surface area contributed by atoms with Gasteiger partial charge in [-0.05, 0) is 24.6 Å². The number of carbonyl (C=O) groups excluding carboxylic acids is 1. The number of H-pyrrole nitrogens is 1. The highest BCUT2D eigenvalue weighted by atomic mass is 19.1. The zero-order valence-electron chi connectivity index (χ0n) is 9.95. The molecule has 0 unspecified atom stereocenters. The lowest BCUT2D eigenvalue weighted by atomic mass is 10.0. The van der Waals surface area contributed by atoms with Crippen molar-refractivity contribution in [3.63, 3.8) is 0 Å². The third-order valence-corrected chi connectivity index (χ3v) is 2.68. The zero-order chi connectivity index (χ0) is 13.3. The second-order valence-corrected chi connectivity index (χ2v) is 3.84. The number of hydrogen-bond acceptors (Lipinski definition) is 4. The van der Waals surface area contributed by atoms with Crippen LogP contribution in [0.4, 0.5) is 10.2 Å². The maximum Gasteiger partial charge on any atom is 0.338 e. The molecule has 1 aromatic carbocycles. The molecule has 94 valence electrons. The Kier molecular flexibility index (Phi) is 3.01. The van der Waals surface area contributed by atoms with Crippen LogP contribution in [0.15, 0.2) is 18.3 Å². The fraction of sp³-hybridized carbons (Fsp3) is 0.167. The molecule has 0 aliphatic rings. The third-order valence-electron chi connectivity index (χ3n) is 2.68. The number of nitrogens with zero attached hydrogens (tertiary/aromatic N) is 1. The number of ether oxygens (including phenoxy) is 1. The van der Waals surface area contributed by atoms with E-state index in [1.165, 1.54) is 25.4 Å². The first-order chi connectivity index (χ1) is 8.54. The molecule has 0 radical (unpaired) electrons. The van der Waals surface area contributed by atoms with Gasteiger partial charge >= 0.3 is 5.97 Å². The molecule has 0 spiro atoms. The van der Waals surface area contributed by atoms with Gasteiger partial charge in [-0.25, -0.2) is 9.18 Å². The van der Waals surface area contributed by atoms with Crippen molar-refractivity contribution >= 4 is 11.8 Å². The van der Waals surface area contributed by atoms with Gasteiger partial charge in [0.15, 0.2) is 0 Å². The number of nitrogens with one attached hydrogen (secondary N) is 1. The molecule has 18 heavy (non-hydrogen) atoms. The molecule has 2 aromatic rings. The van der Waals surface area contributed by atoms with Crippen molar-refractivity contribution in [2.45, 2.75) is 6.92 Å². The van der Waals surface area contributed by atoms with Gasteiger partial charge in [-0.2, -0.15) is 5.10 Å². The summed E-state index contributed by atoms with van der Waals surface area (Å²) in [5, 5.41) is 6.24. The monoisotopic (exact) mass is 249 g/mol. The van der Waals surface area contributed by atoms with E-state index in [-0.39, 0.29) is 11.4 Å². The lowest BCUT2D eigenvalue weighted by Crippen LogP contribution is -2.05. The van der Waals surface area contributed by atoms with Gasteiger partial charge in [0, 0.05) is 11.1 Å². The van der Waals surface area contributed by atoms with E-state index in [1.807, 2.05) is 0 Å². The highest BCUT2D eigenvalue weighted by Crippen LogP contribution is 2.29. The van der Waals surface area contributed by atoms with Crippen molar-refractivity contribution in [2.24, 2.45) is 0 Å². The zero-order valence-corrected chi connectivity index (χ0v) is 9.95. The van der Waals surface area contributed by atoms with E-state index < -0.39 is 11.8 Å². The van der Waals surface area contributed by atoms with E-state index in [0.29, 0.717) is 16.7 Å². The highest BCUT2D eigenvalue weighted by Gasteiger charge is 2.17. The van der Waals surface area contributed by atoms with Crippen LogP contribution < -0.4 is 5.73 Å². The number of esters is 1. The maximum atomic E-state index is 13.9.